The molecule has 0 radical (unpaired) electrons. The van der Waals surface area contributed by atoms with E-state index in [0.717, 1.165) is 103 Å². The largest absolute Gasteiger partial charge is 0.481 e. The molecule has 2 amide bonds. The normalized spacial score (nSPS) is 36.4. The van der Waals surface area contributed by atoms with Crippen molar-refractivity contribution in [3.05, 3.63) is 12.2 Å². The van der Waals surface area contributed by atoms with Crippen LogP contribution in [0.3, 0.4) is 0 Å². The number of amides is 2. The van der Waals surface area contributed by atoms with Crippen molar-refractivity contribution in [3.63, 3.8) is 0 Å². The zero-order valence-corrected chi connectivity index (χ0v) is 38.5. The van der Waals surface area contributed by atoms with Gasteiger partial charge in [0.05, 0.1) is 24.4 Å². The molecule has 334 valence electrons. The summed E-state index contributed by atoms with van der Waals surface area (Å²) < 4.78 is 10.9. The highest BCUT2D eigenvalue weighted by molar-refractivity contribution is 5.84. The third-order valence-corrected chi connectivity index (χ3v) is 17.9. The Kier molecular flexibility index (Phi) is 14.2. The molecule has 0 unspecified atom stereocenters. The van der Waals surface area contributed by atoms with Crippen LogP contribution in [0, 0.1) is 62.1 Å². The van der Waals surface area contributed by atoms with Crippen molar-refractivity contribution in [2.24, 2.45) is 62.1 Å². The molecule has 5 rings (SSSR count). The van der Waals surface area contributed by atoms with Crippen LogP contribution < -0.4 is 10.6 Å². The minimum atomic E-state index is -1.16. The second kappa shape index (κ2) is 17.8. The maximum Gasteiger partial charge on any atom is 0.328 e. The number of rotatable bonds is 17. The lowest BCUT2D eigenvalue weighted by molar-refractivity contribution is -0.249. The van der Waals surface area contributed by atoms with E-state index in [1.807, 2.05) is 0 Å². The smallest absolute Gasteiger partial charge is 0.328 e. The highest BCUT2D eigenvalue weighted by Crippen LogP contribution is 2.77. The molecule has 3 N–H and O–H groups in total. The molecule has 0 aromatic rings. The molecule has 11 atom stereocenters. The number of hydrogen-bond donors (Lipinski definition) is 3. The van der Waals surface area contributed by atoms with Gasteiger partial charge in [-0.05, 0) is 151 Å². The first-order valence-corrected chi connectivity index (χ1v) is 23.3. The van der Waals surface area contributed by atoms with Crippen LogP contribution in [0.5, 0.6) is 0 Å². The molecular formula is C49H80N2O8. The van der Waals surface area contributed by atoms with Crippen LogP contribution >= 0.6 is 0 Å². The fraction of sp³-hybridized carbons (Fsp3) is 0.857. The third-order valence-electron chi connectivity index (χ3n) is 17.9. The first kappa shape index (κ1) is 47.1. The number of carboxylic acid groups (broad SMARTS) is 1. The summed E-state index contributed by atoms with van der Waals surface area (Å²) >= 11 is 0. The van der Waals surface area contributed by atoms with Crippen LogP contribution in [0.4, 0.5) is 0 Å². The molecule has 10 nitrogen and oxygen atoms in total. The molecule has 0 spiro atoms. The summed E-state index contributed by atoms with van der Waals surface area (Å²) in [5, 5.41) is 15.8. The number of ether oxygens (including phenoxy) is 2. The zero-order valence-electron chi connectivity index (χ0n) is 38.5. The van der Waals surface area contributed by atoms with E-state index in [-0.39, 0.29) is 51.4 Å². The van der Waals surface area contributed by atoms with Crippen molar-refractivity contribution in [2.45, 2.75) is 190 Å². The lowest BCUT2D eigenvalue weighted by atomic mass is 9.32. The molecule has 10 heteroatoms. The van der Waals surface area contributed by atoms with E-state index in [0.29, 0.717) is 42.6 Å². The fourth-order valence-electron chi connectivity index (χ4n) is 14.4. The van der Waals surface area contributed by atoms with Crippen molar-refractivity contribution >= 4 is 29.7 Å². The second-order valence-corrected chi connectivity index (χ2v) is 22.0. The number of fused-ring (bicyclic) bond motifs is 7. The molecule has 0 aromatic heterocycles. The molecule has 0 heterocycles. The Morgan fingerprint density at radius 1 is 0.814 bits per heavy atom. The summed E-state index contributed by atoms with van der Waals surface area (Å²) in [4.78, 5) is 63.1. The molecule has 5 aliphatic rings. The van der Waals surface area contributed by atoms with Crippen molar-refractivity contribution in [2.75, 3.05) is 13.7 Å². The molecule has 5 saturated carbocycles. The van der Waals surface area contributed by atoms with E-state index in [9.17, 15) is 29.1 Å². The summed E-state index contributed by atoms with van der Waals surface area (Å²) in [6.07, 6.45) is 16.2. The van der Waals surface area contributed by atoms with Crippen molar-refractivity contribution in [3.8, 4) is 0 Å². The Balaban J connectivity index is 1.20. The van der Waals surface area contributed by atoms with Gasteiger partial charge in [0.1, 0.15) is 12.1 Å². The predicted octanol–water partition coefficient (Wildman–Crippen LogP) is 9.58. The van der Waals surface area contributed by atoms with Crippen LogP contribution in [0.1, 0.15) is 178 Å². The van der Waals surface area contributed by atoms with Gasteiger partial charge in [-0.15, -0.1) is 0 Å². The summed E-state index contributed by atoms with van der Waals surface area (Å²) in [6.45, 7) is 24.5. The third kappa shape index (κ3) is 8.77. The van der Waals surface area contributed by atoms with Gasteiger partial charge in [0.2, 0.25) is 11.8 Å². The Bertz CT molecular complexity index is 1610. The zero-order chi connectivity index (χ0) is 43.8. The summed E-state index contributed by atoms with van der Waals surface area (Å²) in [5.74, 6) is 0.360. The van der Waals surface area contributed by atoms with E-state index < -0.39 is 29.4 Å². The molecule has 0 aliphatic heterocycles. The summed E-state index contributed by atoms with van der Waals surface area (Å²) in [7, 11) is 1.32. The number of methoxy groups -OCH3 is 1. The predicted molar refractivity (Wildman–Crippen MR) is 230 cm³/mol. The lowest BCUT2D eigenvalue weighted by Gasteiger charge is -2.72. The lowest BCUT2D eigenvalue weighted by Crippen LogP contribution is -2.67. The van der Waals surface area contributed by atoms with Gasteiger partial charge in [-0.3, -0.25) is 19.2 Å². The van der Waals surface area contributed by atoms with E-state index in [4.69, 9.17) is 4.74 Å². The number of esters is 2. The average Bonchev–Trinajstić information content (AvgIpc) is 3.56. The molecular weight excluding hydrogens is 745 g/mol. The van der Waals surface area contributed by atoms with Gasteiger partial charge in [-0.2, -0.15) is 0 Å². The van der Waals surface area contributed by atoms with E-state index in [1.54, 1.807) is 20.8 Å². The standard InChI is InChI=1S/C49H80N2O8/c1-31(2)33-21-26-49(42(55)50-29-17-15-13-12-14-16-18-38(52)51-32(3)41(54)58-11)28-27-47(9)34(40(33)49)19-20-36-46(8)24-23-37(59-39(53)30-44(4,5)43(56)57)45(6,7)35(46)22-25-48(36,47)10/h32-37,40H,1,12-30H2,2-11H3,(H,50,55)(H,51,52)(H,56,57)/t32-,33+,34-,35+,36-,37+,40-,46+,47-,48-,49+/m1/s1. The monoisotopic (exact) mass is 825 g/mol. The summed E-state index contributed by atoms with van der Waals surface area (Å²) in [6, 6.07) is -0.631. The van der Waals surface area contributed by atoms with Crippen LogP contribution in [-0.4, -0.2) is 60.6 Å². The fourth-order valence-corrected chi connectivity index (χ4v) is 14.4. The van der Waals surface area contributed by atoms with Crippen molar-refractivity contribution in [1.29, 1.82) is 0 Å². The number of carboxylic acids is 1. The van der Waals surface area contributed by atoms with Gasteiger partial charge >= 0.3 is 17.9 Å². The van der Waals surface area contributed by atoms with Crippen LogP contribution in [0.25, 0.3) is 0 Å². The molecule has 0 bridgehead atoms. The van der Waals surface area contributed by atoms with E-state index in [1.165, 1.54) is 12.7 Å². The van der Waals surface area contributed by atoms with Crippen molar-refractivity contribution < 1.29 is 38.6 Å². The maximum atomic E-state index is 14.5. The van der Waals surface area contributed by atoms with Crippen LogP contribution in [0.15, 0.2) is 12.2 Å². The van der Waals surface area contributed by atoms with Gasteiger partial charge < -0.3 is 25.2 Å². The van der Waals surface area contributed by atoms with Gasteiger partial charge in [-0.25, -0.2) is 4.79 Å². The molecule has 5 fully saturated rings. The Labute approximate surface area is 355 Å². The van der Waals surface area contributed by atoms with Gasteiger partial charge in [0.25, 0.3) is 0 Å². The number of carbonyl (C=O) groups is 5. The van der Waals surface area contributed by atoms with Crippen molar-refractivity contribution in [1.82, 2.24) is 10.6 Å². The number of unbranched alkanes of at least 4 members (excludes halogenated alkanes) is 5. The molecule has 5 aliphatic carbocycles. The van der Waals surface area contributed by atoms with Crippen LogP contribution in [-0.2, 0) is 33.4 Å². The minimum absolute atomic E-state index is 0.0993. The quantitative estimate of drug-likeness (QED) is 0.0747. The minimum Gasteiger partial charge on any atom is -0.481 e. The topological polar surface area (TPSA) is 148 Å². The molecule has 0 aromatic carbocycles. The van der Waals surface area contributed by atoms with E-state index >= 15 is 0 Å². The molecule has 59 heavy (non-hydrogen) atoms. The van der Waals surface area contributed by atoms with Gasteiger partial charge in [0, 0.05) is 18.4 Å². The average molecular weight is 825 g/mol. The van der Waals surface area contributed by atoms with Gasteiger partial charge in [-0.1, -0.05) is 72.5 Å². The second-order valence-electron chi connectivity index (χ2n) is 22.0. The number of nitrogens with one attached hydrogen (secondary N) is 2. The highest BCUT2D eigenvalue weighted by atomic mass is 16.5. The Morgan fingerprint density at radius 3 is 2.12 bits per heavy atom. The Morgan fingerprint density at radius 2 is 1.47 bits per heavy atom. The Hall–Kier alpha value is -2.91. The number of allylic oxidation sites excluding steroid dienone is 1. The SMILES string of the molecule is C=C(C)[C@@H]1CC[C@]2(C(=O)NCCCCCCCCC(=O)N[C@H](C)C(=O)OC)CC[C@]3(C)[C@H](CC[C@@H]4[C@@]5(C)CC[C@H](OC(=O)CC(C)(C)C(=O)O)C(C)(C)[C@@H]5CC[C@]43C)[C@@H]12. The number of hydrogen-bond acceptors (Lipinski definition) is 7. The number of carbonyl (C=O) groups excluding carboxylic acids is 4. The summed E-state index contributed by atoms with van der Waals surface area (Å²) in [5.41, 5.74) is -0.171. The number of aliphatic carboxylic acids is 1. The molecule has 0 saturated heterocycles. The van der Waals surface area contributed by atoms with E-state index in [2.05, 4.69) is 63.5 Å². The highest BCUT2D eigenvalue weighted by Gasteiger charge is 2.72. The first-order chi connectivity index (χ1) is 27.5. The maximum absolute atomic E-state index is 14.5. The van der Waals surface area contributed by atoms with Gasteiger partial charge in [0.15, 0.2) is 0 Å². The van der Waals surface area contributed by atoms with Crippen LogP contribution in [0.2, 0.25) is 0 Å². The first-order valence-electron chi connectivity index (χ1n) is 23.3.